The molecule has 0 unspecified atom stereocenters. The van der Waals surface area contributed by atoms with E-state index in [0.717, 1.165) is 18.5 Å². The molecule has 0 atom stereocenters. The number of hydrogen-bond donors (Lipinski definition) is 2. The second-order valence-corrected chi connectivity index (χ2v) is 5.69. The fourth-order valence-electron chi connectivity index (χ4n) is 2.15. The van der Waals surface area contributed by atoms with Crippen LogP contribution < -0.4 is 10.6 Å². The van der Waals surface area contributed by atoms with Crippen LogP contribution in [0.4, 0.5) is 10.9 Å². The second kappa shape index (κ2) is 5.54. The summed E-state index contributed by atoms with van der Waals surface area (Å²) in [6.07, 6.45) is 4.47. The Morgan fingerprint density at radius 2 is 2.10 bits per heavy atom. The topological polar surface area (TPSA) is 79.8 Å². The van der Waals surface area contributed by atoms with Crippen LogP contribution in [-0.2, 0) is 12.8 Å². The number of thiazole rings is 1. The van der Waals surface area contributed by atoms with E-state index in [1.54, 1.807) is 30.5 Å². The van der Waals surface area contributed by atoms with Gasteiger partial charge in [-0.05, 0) is 37.8 Å². The van der Waals surface area contributed by atoms with Gasteiger partial charge in [0.1, 0.15) is 5.82 Å². The van der Waals surface area contributed by atoms with Gasteiger partial charge in [-0.3, -0.25) is 10.1 Å². The van der Waals surface area contributed by atoms with Gasteiger partial charge >= 0.3 is 0 Å². The Labute approximate surface area is 120 Å². The minimum Gasteiger partial charge on any atom is -0.372 e. The molecule has 6 nitrogen and oxygen atoms in total. The van der Waals surface area contributed by atoms with Gasteiger partial charge in [-0.15, -0.1) is 21.5 Å². The molecule has 1 aliphatic carbocycles. The molecular weight excluding hydrogens is 274 g/mol. The largest absolute Gasteiger partial charge is 0.372 e. The van der Waals surface area contributed by atoms with Crippen molar-refractivity contribution in [3.05, 3.63) is 28.4 Å². The lowest BCUT2D eigenvalue weighted by molar-refractivity contribution is 0.102. The standard InChI is InChI=1S/C13H15N5OS/c1-14-11-7-6-9(17-18-11)12(19)16-13-15-8-4-2-3-5-10(8)20-13/h6-7H,2-5H2,1H3,(H,14,18)(H,15,16,19). The lowest BCUT2D eigenvalue weighted by Crippen LogP contribution is -2.14. The first-order valence-corrected chi connectivity index (χ1v) is 7.39. The normalized spacial score (nSPS) is 13.7. The van der Waals surface area contributed by atoms with Gasteiger partial charge in [-0.1, -0.05) is 0 Å². The van der Waals surface area contributed by atoms with Crippen molar-refractivity contribution in [2.24, 2.45) is 0 Å². The highest BCUT2D eigenvalue weighted by Gasteiger charge is 2.17. The number of aryl methyl sites for hydroxylation is 2. The molecule has 0 spiro atoms. The van der Waals surface area contributed by atoms with Crippen molar-refractivity contribution in [3.8, 4) is 0 Å². The van der Waals surface area contributed by atoms with Crippen LogP contribution in [0.25, 0.3) is 0 Å². The third kappa shape index (κ3) is 2.62. The molecule has 2 aromatic rings. The summed E-state index contributed by atoms with van der Waals surface area (Å²) >= 11 is 1.56. The molecule has 20 heavy (non-hydrogen) atoms. The van der Waals surface area contributed by atoms with Crippen molar-refractivity contribution >= 4 is 28.2 Å². The first kappa shape index (κ1) is 13.0. The number of carbonyl (C=O) groups is 1. The number of nitrogens with zero attached hydrogens (tertiary/aromatic N) is 3. The molecule has 1 aliphatic rings. The molecule has 3 rings (SSSR count). The maximum Gasteiger partial charge on any atom is 0.277 e. The number of hydrogen-bond acceptors (Lipinski definition) is 6. The fraction of sp³-hybridized carbons (Fsp3) is 0.385. The van der Waals surface area contributed by atoms with Crippen LogP contribution >= 0.6 is 11.3 Å². The Morgan fingerprint density at radius 1 is 1.25 bits per heavy atom. The van der Waals surface area contributed by atoms with E-state index in [1.807, 2.05) is 0 Å². The summed E-state index contributed by atoms with van der Waals surface area (Å²) in [5.74, 6) is 0.359. The van der Waals surface area contributed by atoms with E-state index in [4.69, 9.17) is 0 Å². The first-order chi connectivity index (χ1) is 9.76. The molecule has 2 heterocycles. The van der Waals surface area contributed by atoms with Crippen molar-refractivity contribution < 1.29 is 4.79 Å². The van der Waals surface area contributed by atoms with Gasteiger partial charge < -0.3 is 5.32 Å². The second-order valence-electron chi connectivity index (χ2n) is 4.60. The van der Waals surface area contributed by atoms with Gasteiger partial charge in [0.2, 0.25) is 0 Å². The van der Waals surface area contributed by atoms with Crippen molar-refractivity contribution in [2.75, 3.05) is 17.7 Å². The van der Waals surface area contributed by atoms with Crippen molar-refractivity contribution in [1.29, 1.82) is 0 Å². The minimum atomic E-state index is -0.272. The smallest absolute Gasteiger partial charge is 0.277 e. The molecule has 1 amide bonds. The Morgan fingerprint density at radius 3 is 2.80 bits per heavy atom. The number of carbonyl (C=O) groups excluding carboxylic acids is 1. The van der Waals surface area contributed by atoms with Gasteiger partial charge in [-0.2, -0.15) is 0 Å². The average molecular weight is 289 g/mol. The van der Waals surface area contributed by atoms with Crippen LogP contribution in [0.5, 0.6) is 0 Å². The predicted octanol–water partition coefficient (Wildman–Crippen LogP) is 2.11. The molecule has 7 heteroatoms. The van der Waals surface area contributed by atoms with Gasteiger partial charge in [0, 0.05) is 11.9 Å². The minimum absolute atomic E-state index is 0.272. The van der Waals surface area contributed by atoms with E-state index >= 15 is 0 Å². The molecule has 0 saturated carbocycles. The third-order valence-electron chi connectivity index (χ3n) is 3.22. The van der Waals surface area contributed by atoms with Crippen molar-refractivity contribution in [1.82, 2.24) is 15.2 Å². The highest BCUT2D eigenvalue weighted by Crippen LogP contribution is 2.29. The van der Waals surface area contributed by atoms with Gasteiger partial charge in [0.25, 0.3) is 5.91 Å². The molecule has 0 bridgehead atoms. The molecular formula is C13H15N5OS. The van der Waals surface area contributed by atoms with E-state index < -0.39 is 0 Å². The summed E-state index contributed by atoms with van der Waals surface area (Å²) in [5, 5.41) is 14.1. The summed E-state index contributed by atoms with van der Waals surface area (Å²) in [7, 11) is 1.75. The Kier molecular flexibility index (Phi) is 3.60. The number of nitrogens with one attached hydrogen (secondary N) is 2. The van der Waals surface area contributed by atoms with Crippen LogP contribution in [0.2, 0.25) is 0 Å². The van der Waals surface area contributed by atoms with E-state index in [1.165, 1.54) is 17.7 Å². The number of fused-ring (bicyclic) bond motifs is 1. The van der Waals surface area contributed by atoms with E-state index in [0.29, 0.717) is 10.9 Å². The monoisotopic (exact) mass is 289 g/mol. The highest BCUT2D eigenvalue weighted by molar-refractivity contribution is 7.15. The molecule has 0 saturated heterocycles. The van der Waals surface area contributed by atoms with Crippen molar-refractivity contribution in [2.45, 2.75) is 25.7 Å². The first-order valence-electron chi connectivity index (χ1n) is 6.57. The highest BCUT2D eigenvalue weighted by atomic mass is 32.1. The van der Waals surface area contributed by atoms with Crippen LogP contribution in [0.15, 0.2) is 12.1 Å². The Hall–Kier alpha value is -2.02. The molecule has 0 aromatic carbocycles. The van der Waals surface area contributed by atoms with Crippen LogP contribution in [0.3, 0.4) is 0 Å². The van der Waals surface area contributed by atoms with E-state index in [2.05, 4.69) is 25.8 Å². The zero-order valence-corrected chi connectivity index (χ0v) is 12.0. The zero-order valence-electron chi connectivity index (χ0n) is 11.1. The molecule has 0 fully saturated rings. The quantitative estimate of drug-likeness (QED) is 0.904. The summed E-state index contributed by atoms with van der Waals surface area (Å²) in [4.78, 5) is 17.8. The van der Waals surface area contributed by atoms with Crippen LogP contribution in [0.1, 0.15) is 33.9 Å². The third-order valence-corrected chi connectivity index (χ3v) is 4.29. The number of amides is 1. The number of anilines is 2. The number of aromatic nitrogens is 3. The molecule has 0 aliphatic heterocycles. The van der Waals surface area contributed by atoms with E-state index in [-0.39, 0.29) is 11.6 Å². The van der Waals surface area contributed by atoms with Crippen LogP contribution in [-0.4, -0.2) is 28.1 Å². The Bertz CT molecular complexity index is 599. The fourth-order valence-corrected chi connectivity index (χ4v) is 3.20. The van der Waals surface area contributed by atoms with Crippen molar-refractivity contribution in [3.63, 3.8) is 0 Å². The summed E-state index contributed by atoms with van der Waals surface area (Å²) in [6, 6.07) is 3.36. The molecule has 2 N–H and O–H groups in total. The molecule has 2 aromatic heterocycles. The maximum atomic E-state index is 12.1. The number of rotatable bonds is 3. The lowest BCUT2D eigenvalue weighted by atomic mass is 10.0. The lowest BCUT2D eigenvalue weighted by Gasteiger charge is -2.06. The predicted molar refractivity (Wildman–Crippen MR) is 78.3 cm³/mol. The molecule has 104 valence electrons. The zero-order chi connectivity index (χ0) is 13.9. The van der Waals surface area contributed by atoms with Gasteiger partial charge in [-0.25, -0.2) is 4.98 Å². The van der Waals surface area contributed by atoms with Gasteiger partial charge in [0.15, 0.2) is 10.8 Å². The SMILES string of the molecule is CNc1ccc(C(=O)Nc2nc3c(s2)CCCC3)nn1. The maximum absolute atomic E-state index is 12.1. The Balaban J connectivity index is 1.73. The summed E-state index contributed by atoms with van der Waals surface area (Å²) < 4.78 is 0. The summed E-state index contributed by atoms with van der Waals surface area (Å²) in [6.45, 7) is 0. The van der Waals surface area contributed by atoms with Crippen LogP contribution in [0, 0.1) is 0 Å². The van der Waals surface area contributed by atoms with E-state index in [9.17, 15) is 4.79 Å². The summed E-state index contributed by atoms with van der Waals surface area (Å²) in [5.41, 5.74) is 1.42. The van der Waals surface area contributed by atoms with Gasteiger partial charge in [0.05, 0.1) is 5.69 Å². The molecule has 0 radical (unpaired) electrons. The average Bonchev–Trinajstić information content (AvgIpc) is 2.89.